The van der Waals surface area contributed by atoms with E-state index in [0.717, 1.165) is 34.9 Å². The molecule has 4 aromatic carbocycles. The predicted molar refractivity (Wildman–Crippen MR) is 149 cm³/mol. The summed E-state index contributed by atoms with van der Waals surface area (Å²) in [5.74, 6) is 1.33. The quantitative estimate of drug-likeness (QED) is 0.210. The summed E-state index contributed by atoms with van der Waals surface area (Å²) in [4.78, 5) is 19.7. The average Bonchev–Trinajstić information content (AvgIpc) is 3.49. The first kappa shape index (κ1) is 25.1. The minimum absolute atomic E-state index is 0.00440. The fraction of sp³-hybridized carbons (Fsp3) is 0.188. The third kappa shape index (κ3) is 6.21. The number of benzene rings is 4. The summed E-state index contributed by atoms with van der Waals surface area (Å²) in [5, 5.41) is 2.17. The summed E-state index contributed by atoms with van der Waals surface area (Å²) in [7, 11) is 1.64. The molecule has 6 heteroatoms. The summed E-state index contributed by atoms with van der Waals surface area (Å²) in [5.41, 5.74) is 2.75. The van der Waals surface area contributed by atoms with E-state index in [1.807, 2.05) is 101 Å². The van der Waals surface area contributed by atoms with E-state index in [9.17, 15) is 4.79 Å². The molecule has 0 aliphatic carbocycles. The number of aryl methyl sites for hydroxylation is 1. The van der Waals surface area contributed by atoms with Gasteiger partial charge in [0, 0.05) is 37.6 Å². The van der Waals surface area contributed by atoms with E-state index in [-0.39, 0.29) is 5.91 Å². The van der Waals surface area contributed by atoms with E-state index in [4.69, 9.17) is 9.47 Å². The van der Waals surface area contributed by atoms with Crippen LogP contribution in [0.3, 0.4) is 0 Å². The molecule has 0 spiro atoms. The molecule has 0 bridgehead atoms. The number of amides is 1. The Kier molecular flexibility index (Phi) is 7.99. The number of aromatic nitrogens is 2. The van der Waals surface area contributed by atoms with Gasteiger partial charge in [-0.2, -0.15) is 0 Å². The molecule has 0 atom stereocenters. The van der Waals surface area contributed by atoms with Gasteiger partial charge in [0.25, 0.3) is 5.91 Å². The number of carbonyl (C=O) groups is 1. The lowest BCUT2D eigenvalue weighted by Gasteiger charge is -2.24. The number of carbonyl (C=O) groups excluding carboxylic acids is 1. The van der Waals surface area contributed by atoms with Crippen molar-refractivity contribution in [1.29, 1.82) is 0 Å². The molecule has 0 unspecified atom stereocenters. The third-order valence-electron chi connectivity index (χ3n) is 6.53. The lowest BCUT2D eigenvalue weighted by Crippen LogP contribution is -2.32. The van der Waals surface area contributed by atoms with Crippen LogP contribution in [0.1, 0.15) is 27.9 Å². The first-order chi connectivity index (χ1) is 18.7. The van der Waals surface area contributed by atoms with Gasteiger partial charge in [-0.05, 0) is 52.6 Å². The largest absolute Gasteiger partial charge is 0.493 e. The Morgan fingerprint density at radius 2 is 1.68 bits per heavy atom. The zero-order valence-corrected chi connectivity index (χ0v) is 21.5. The first-order valence-electron chi connectivity index (χ1n) is 12.8. The molecule has 5 rings (SSSR count). The minimum Gasteiger partial charge on any atom is -0.493 e. The summed E-state index contributed by atoms with van der Waals surface area (Å²) < 4.78 is 13.7. The number of ether oxygens (including phenoxy) is 2. The maximum atomic E-state index is 13.7. The smallest absolute Gasteiger partial charge is 0.254 e. The van der Waals surface area contributed by atoms with Crippen LogP contribution in [0.25, 0.3) is 10.8 Å². The van der Waals surface area contributed by atoms with Crippen molar-refractivity contribution in [1.82, 2.24) is 14.5 Å². The molecule has 0 saturated carbocycles. The van der Waals surface area contributed by atoms with Crippen molar-refractivity contribution in [2.24, 2.45) is 0 Å². The van der Waals surface area contributed by atoms with Gasteiger partial charge < -0.3 is 18.9 Å². The molecule has 0 aliphatic rings. The molecule has 6 nitrogen and oxygen atoms in total. The molecule has 192 valence electrons. The van der Waals surface area contributed by atoms with Gasteiger partial charge >= 0.3 is 0 Å². The minimum atomic E-state index is 0.00440. The second-order valence-corrected chi connectivity index (χ2v) is 9.20. The van der Waals surface area contributed by atoms with Crippen LogP contribution in [0.4, 0.5) is 0 Å². The van der Waals surface area contributed by atoms with Crippen LogP contribution in [0, 0.1) is 0 Å². The number of fused-ring (bicyclic) bond motifs is 1. The van der Waals surface area contributed by atoms with Crippen molar-refractivity contribution in [2.45, 2.75) is 26.1 Å². The average molecular weight is 506 g/mol. The van der Waals surface area contributed by atoms with E-state index in [1.54, 1.807) is 19.6 Å². The number of rotatable bonds is 11. The van der Waals surface area contributed by atoms with E-state index in [0.29, 0.717) is 36.8 Å². The maximum Gasteiger partial charge on any atom is 0.254 e. The van der Waals surface area contributed by atoms with Crippen LogP contribution < -0.4 is 9.47 Å². The Hall–Kier alpha value is -4.58. The molecule has 0 N–H and O–H groups in total. The van der Waals surface area contributed by atoms with Crippen molar-refractivity contribution < 1.29 is 14.3 Å². The number of hydrogen-bond acceptors (Lipinski definition) is 4. The lowest BCUT2D eigenvalue weighted by atomic mass is 10.1. The summed E-state index contributed by atoms with van der Waals surface area (Å²) in [6.45, 7) is 2.32. The summed E-state index contributed by atoms with van der Waals surface area (Å²) in [6, 6.07) is 29.9. The van der Waals surface area contributed by atoms with Crippen molar-refractivity contribution in [3.05, 3.63) is 126 Å². The molecule has 1 aromatic heterocycles. The standard InChI is InChI=1S/C32H31N3O3/c1-37-31-20-26(12-15-30(31)38-23-25-8-3-2-4-9-25)22-35(18-7-17-34-19-16-33-24-34)32(36)29-14-13-27-10-5-6-11-28(27)21-29/h2-6,8-16,19-21,24H,7,17-18,22-23H2,1H3. The lowest BCUT2D eigenvalue weighted by molar-refractivity contribution is 0.0739. The Morgan fingerprint density at radius 3 is 2.47 bits per heavy atom. The molecule has 1 amide bonds. The highest BCUT2D eigenvalue weighted by Gasteiger charge is 2.18. The van der Waals surface area contributed by atoms with Crippen LogP contribution >= 0.6 is 0 Å². The molecule has 0 fully saturated rings. The molecule has 38 heavy (non-hydrogen) atoms. The number of methoxy groups -OCH3 is 1. The second kappa shape index (κ2) is 12.1. The Labute approximate surface area is 223 Å². The highest BCUT2D eigenvalue weighted by atomic mass is 16.5. The van der Waals surface area contributed by atoms with E-state index >= 15 is 0 Å². The van der Waals surface area contributed by atoms with Crippen molar-refractivity contribution in [2.75, 3.05) is 13.7 Å². The highest BCUT2D eigenvalue weighted by molar-refractivity contribution is 5.98. The van der Waals surface area contributed by atoms with E-state index < -0.39 is 0 Å². The predicted octanol–water partition coefficient (Wildman–Crippen LogP) is 6.36. The molecule has 5 aromatic rings. The highest BCUT2D eigenvalue weighted by Crippen LogP contribution is 2.30. The molecule has 0 radical (unpaired) electrons. The van der Waals surface area contributed by atoms with Gasteiger partial charge in [0.05, 0.1) is 13.4 Å². The van der Waals surface area contributed by atoms with Gasteiger partial charge in [-0.25, -0.2) is 4.98 Å². The van der Waals surface area contributed by atoms with Crippen LogP contribution in [-0.4, -0.2) is 34.0 Å². The Balaban J connectivity index is 1.34. The van der Waals surface area contributed by atoms with Gasteiger partial charge in [-0.15, -0.1) is 0 Å². The normalized spacial score (nSPS) is 10.9. The van der Waals surface area contributed by atoms with E-state index in [2.05, 4.69) is 11.1 Å². The fourth-order valence-corrected chi connectivity index (χ4v) is 4.51. The van der Waals surface area contributed by atoms with Gasteiger partial charge in [0.2, 0.25) is 0 Å². The molecule has 0 aliphatic heterocycles. The Bertz CT molecular complexity index is 1480. The molecule has 1 heterocycles. The second-order valence-electron chi connectivity index (χ2n) is 9.20. The van der Waals surface area contributed by atoms with Crippen molar-refractivity contribution in [3.63, 3.8) is 0 Å². The van der Waals surface area contributed by atoms with Crippen LogP contribution in [0.2, 0.25) is 0 Å². The molecule has 0 saturated heterocycles. The van der Waals surface area contributed by atoms with Gasteiger partial charge in [-0.1, -0.05) is 66.7 Å². The number of imidazole rings is 1. The van der Waals surface area contributed by atoms with Crippen LogP contribution in [-0.2, 0) is 19.7 Å². The van der Waals surface area contributed by atoms with Crippen LogP contribution in [0.15, 0.2) is 110 Å². The Morgan fingerprint density at radius 1 is 0.868 bits per heavy atom. The number of hydrogen-bond donors (Lipinski definition) is 0. The van der Waals surface area contributed by atoms with Gasteiger partial charge in [0.1, 0.15) is 6.61 Å². The zero-order chi connectivity index (χ0) is 26.2. The zero-order valence-electron chi connectivity index (χ0n) is 21.5. The topological polar surface area (TPSA) is 56.6 Å². The number of nitrogens with zero attached hydrogens (tertiary/aromatic N) is 3. The molecular weight excluding hydrogens is 474 g/mol. The van der Waals surface area contributed by atoms with Crippen LogP contribution in [0.5, 0.6) is 11.5 Å². The van der Waals surface area contributed by atoms with Crippen molar-refractivity contribution >= 4 is 16.7 Å². The third-order valence-corrected chi connectivity index (χ3v) is 6.53. The van der Waals surface area contributed by atoms with Gasteiger partial charge in [0.15, 0.2) is 11.5 Å². The van der Waals surface area contributed by atoms with Crippen molar-refractivity contribution in [3.8, 4) is 11.5 Å². The maximum absolute atomic E-state index is 13.7. The monoisotopic (exact) mass is 505 g/mol. The SMILES string of the molecule is COc1cc(CN(CCCn2ccnc2)C(=O)c2ccc3ccccc3c2)ccc1OCc1ccccc1. The van der Waals surface area contributed by atoms with Gasteiger partial charge in [-0.3, -0.25) is 4.79 Å². The fourth-order valence-electron chi connectivity index (χ4n) is 4.51. The first-order valence-corrected chi connectivity index (χ1v) is 12.8. The summed E-state index contributed by atoms with van der Waals surface area (Å²) >= 11 is 0. The molecular formula is C32H31N3O3. The summed E-state index contributed by atoms with van der Waals surface area (Å²) in [6.07, 6.45) is 6.32. The van der Waals surface area contributed by atoms with E-state index in [1.165, 1.54) is 0 Å².